The SMILES string of the molecule is C1=Cn2cc3cnccc3c21. The van der Waals surface area contributed by atoms with Gasteiger partial charge in [0.25, 0.3) is 0 Å². The first-order valence-corrected chi connectivity index (χ1v) is 3.58. The zero-order chi connectivity index (χ0) is 7.26. The van der Waals surface area contributed by atoms with Crippen LogP contribution < -0.4 is 0 Å². The molecule has 0 fully saturated rings. The van der Waals surface area contributed by atoms with Crippen LogP contribution in [0.15, 0.2) is 24.7 Å². The molecular weight excluding hydrogens is 136 g/mol. The lowest BCUT2D eigenvalue weighted by atomic mass is 10.2. The van der Waals surface area contributed by atoms with E-state index in [1.165, 1.54) is 16.5 Å². The van der Waals surface area contributed by atoms with Crippen molar-refractivity contribution in [2.75, 3.05) is 0 Å². The number of fused-ring (bicyclic) bond motifs is 3. The lowest BCUT2D eigenvalue weighted by Gasteiger charge is -2.06. The highest BCUT2D eigenvalue weighted by atomic mass is 15.0. The molecule has 0 saturated carbocycles. The standard InChI is InChI=1S/C9H6N2/c1-3-10-5-7-6-11-4-2-9(11)8(1)7/h1-6H. The summed E-state index contributed by atoms with van der Waals surface area (Å²) in [5.41, 5.74) is 1.29. The molecule has 0 bridgehead atoms. The highest BCUT2D eigenvalue weighted by molar-refractivity contribution is 5.95. The molecule has 11 heavy (non-hydrogen) atoms. The molecule has 2 nitrogen and oxygen atoms in total. The monoisotopic (exact) mass is 142 g/mol. The van der Waals surface area contributed by atoms with Gasteiger partial charge in [-0.3, -0.25) is 4.98 Å². The number of nitrogens with zero attached hydrogens (tertiary/aromatic N) is 2. The van der Waals surface area contributed by atoms with Crippen LogP contribution in [0.1, 0.15) is 5.69 Å². The van der Waals surface area contributed by atoms with E-state index in [9.17, 15) is 0 Å². The summed E-state index contributed by atoms with van der Waals surface area (Å²) in [4.78, 5) is 4.05. The van der Waals surface area contributed by atoms with E-state index in [-0.39, 0.29) is 0 Å². The van der Waals surface area contributed by atoms with Crippen molar-refractivity contribution in [2.45, 2.75) is 0 Å². The van der Waals surface area contributed by atoms with Crippen LogP contribution in [0.2, 0.25) is 0 Å². The number of hydrogen-bond donors (Lipinski definition) is 0. The lowest BCUT2D eigenvalue weighted by Crippen LogP contribution is -1.94. The van der Waals surface area contributed by atoms with Gasteiger partial charge in [-0.25, -0.2) is 0 Å². The molecule has 0 spiro atoms. The molecule has 2 aromatic heterocycles. The van der Waals surface area contributed by atoms with E-state index in [1.54, 1.807) is 0 Å². The van der Waals surface area contributed by atoms with Gasteiger partial charge in [0.15, 0.2) is 0 Å². The molecule has 1 aliphatic heterocycles. The first-order valence-electron chi connectivity index (χ1n) is 3.58. The van der Waals surface area contributed by atoms with Crippen LogP contribution >= 0.6 is 0 Å². The summed E-state index contributed by atoms with van der Waals surface area (Å²) in [5, 5.41) is 2.51. The number of pyridine rings is 1. The number of hydrogen-bond acceptors (Lipinski definition) is 1. The van der Waals surface area contributed by atoms with E-state index in [0.29, 0.717) is 0 Å². The molecule has 0 N–H and O–H groups in total. The Morgan fingerprint density at radius 1 is 1.36 bits per heavy atom. The predicted octanol–water partition coefficient (Wildman–Crippen LogP) is 1.98. The molecule has 1 aliphatic rings. The highest BCUT2D eigenvalue weighted by Gasteiger charge is 2.09. The van der Waals surface area contributed by atoms with Gasteiger partial charge in [-0.2, -0.15) is 0 Å². The van der Waals surface area contributed by atoms with Gasteiger partial charge in [0.05, 0.1) is 5.69 Å². The van der Waals surface area contributed by atoms with Crippen molar-refractivity contribution >= 4 is 23.0 Å². The van der Waals surface area contributed by atoms with Gasteiger partial charge in [-0.05, 0) is 12.1 Å². The Morgan fingerprint density at radius 3 is 3.18 bits per heavy atom. The van der Waals surface area contributed by atoms with Crippen LogP contribution in [0.25, 0.3) is 23.0 Å². The van der Waals surface area contributed by atoms with Gasteiger partial charge >= 0.3 is 0 Å². The zero-order valence-corrected chi connectivity index (χ0v) is 5.86. The second kappa shape index (κ2) is 1.53. The minimum atomic E-state index is 1.22. The largest absolute Gasteiger partial charge is 0.322 e. The third kappa shape index (κ3) is 0.499. The molecule has 2 aromatic rings. The Balaban J connectivity index is 2.56. The highest BCUT2D eigenvalue weighted by Crippen LogP contribution is 2.26. The van der Waals surface area contributed by atoms with Crippen LogP contribution in [-0.2, 0) is 0 Å². The summed E-state index contributed by atoms with van der Waals surface area (Å²) < 4.78 is 2.12. The van der Waals surface area contributed by atoms with Gasteiger partial charge in [0.1, 0.15) is 0 Å². The normalized spacial score (nSPS) is 13.1. The van der Waals surface area contributed by atoms with E-state index >= 15 is 0 Å². The van der Waals surface area contributed by atoms with E-state index in [1.807, 2.05) is 18.5 Å². The minimum Gasteiger partial charge on any atom is -0.322 e. The average Bonchev–Trinajstić information content (AvgIpc) is 2.23. The van der Waals surface area contributed by atoms with Gasteiger partial charge in [-0.1, -0.05) is 0 Å². The number of rotatable bonds is 0. The van der Waals surface area contributed by atoms with Gasteiger partial charge in [-0.15, -0.1) is 0 Å². The van der Waals surface area contributed by atoms with Gasteiger partial charge in [0.2, 0.25) is 0 Å². The quantitative estimate of drug-likeness (QED) is 0.469. The van der Waals surface area contributed by atoms with Crippen molar-refractivity contribution < 1.29 is 0 Å². The third-order valence-corrected chi connectivity index (χ3v) is 2.08. The summed E-state index contributed by atoms with van der Waals surface area (Å²) in [6.07, 6.45) is 9.98. The third-order valence-electron chi connectivity index (χ3n) is 2.08. The maximum absolute atomic E-state index is 4.05. The van der Waals surface area contributed by atoms with E-state index in [2.05, 4.69) is 28.0 Å². The van der Waals surface area contributed by atoms with Crippen molar-refractivity contribution in [2.24, 2.45) is 0 Å². The summed E-state index contributed by atoms with van der Waals surface area (Å²) in [6.45, 7) is 0. The maximum Gasteiger partial charge on any atom is 0.0544 e. The molecule has 52 valence electrons. The van der Waals surface area contributed by atoms with E-state index < -0.39 is 0 Å². The summed E-state index contributed by atoms with van der Waals surface area (Å²) in [5.74, 6) is 0. The molecule has 0 amide bonds. The maximum atomic E-state index is 4.05. The molecule has 0 saturated heterocycles. The van der Waals surface area contributed by atoms with Crippen LogP contribution in [0, 0.1) is 0 Å². The minimum absolute atomic E-state index is 1.22. The molecule has 0 aromatic carbocycles. The van der Waals surface area contributed by atoms with Crippen molar-refractivity contribution in [1.82, 2.24) is 9.55 Å². The Hall–Kier alpha value is -1.57. The summed E-state index contributed by atoms with van der Waals surface area (Å²) in [6, 6.07) is 2.05. The van der Waals surface area contributed by atoms with E-state index in [0.717, 1.165) is 0 Å². The summed E-state index contributed by atoms with van der Waals surface area (Å²) >= 11 is 0. The lowest BCUT2D eigenvalue weighted by molar-refractivity contribution is 1.12. The van der Waals surface area contributed by atoms with Crippen molar-refractivity contribution in [3.8, 4) is 0 Å². The fraction of sp³-hybridized carbons (Fsp3) is 0. The van der Waals surface area contributed by atoms with Crippen LogP contribution in [0.4, 0.5) is 0 Å². The Labute approximate surface area is 63.8 Å². The van der Waals surface area contributed by atoms with Crippen LogP contribution in [0.5, 0.6) is 0 Å². The fourth-order valence-electron chi connectivity index (χ4n) is 1.47. The molecule has 0 aliphatic carbocycles. The van der Waals surface area contributed by atoms with Crippen LogP contribution in [-0.4, -0.2) is 9.55 Å². The first-order chi connectivity index (χ1) is 5.45. The fourth-order valence-corrected chi connectivity index (χ4v) is 1.47. The van der Waals surface area contributed by atoms with Crippen LogP contribution in [0.3, 0.4) is 0 Å². The molecule has 0 unspecified atom stereocenters. The van der Waals surface area contributed by atoms with Gasteiger partial charge < -0.3 is 4.57 Å². The first kappa shape index (κ1) is 5.13. The smallest absolute Gasteiger partial charge is 0.0544 e. The van der Waals surface area contributed by atoms with Crippen molar-refractivity contribution in [3.05, 3.63) is 30.4 Å². The average molecular weight is 142 g/mol. The molecule has 0 atom stereocenters. The van der Waals surface area contributed by atoms with Crippen molar-refractivity contribution in [3.63, 3.8) is 0 Å². The molecule has 3 rings (SSSR count). The Morgan fingerprint density at radius 2 is 2.36 bits per heavy atom. The van der Waals surface area contributed by atoms with Crippen molar-refractivity contribution in [1.29, 1.82) is 0 Å². The topological polar surface area (TPSA) is 17.8 Å². The second-order valence-corrected chi connectivity index (χ2v) is 2.70. The molecule has 3 heterocycles. The van der Waals surface area contributed by atoms with E-state index in [4.69, 9.17) is 0 Å². The zero-order valence-electron chi connectivity index (χ0n) is 5.86. The molecular formula is C9H6N2. The Bertz CT molecular complexity index is 452. The second-order valence-electron chi connectivity index (χ2n) is 2.70. The summed E-state index contributed by atoms with van der Waals surface area (Å²) in [7, 11) is 0. The predicted molar refractivity (Wildman–Crippen MR) is 45.0 cm³/mol. The Kier molecular flexibility index (Phi) is 0.714. The van der Waals surface area contributed by atoms with Gasteiger partial charge in [0, 0.05) is 35.6 Å². The molecule has 0 radical (unpaired) electrons. The molecule has 2 heteroatoms. The number of aromatic nitrogens is 2.